The van der Waals surface area contributed by atoms with Crippen LogP contribution in [0.25, 0.3) is 11.0 Å². The van der Waals surface area contributed by atoms with Crippen molar-refractivity contribution in [3.63, 3.8) is 0 Å². The first-order valence-electron chi connectivity index (χ1n) is 3.10. The lowest BCUT2D eigenvalue weighted by atomic mass is 10.3. The highest BCUT2D eigenvalue weighted by Gasteiger charge is 2.00. The minimum Gasteiger partial charge on any atom is -0.445 e. The Labute approximate surface area is 73.5 Å². The van der Waals surface area contributed by atoms with E-state index in [0.717, 1.165) is 11.0 Å². The maximum Gasteiger partial charge on any atom is 0.194 e. The Morgan fingerprint density at radius 3 is 2.73 bits per heavy atom. The van der Waals surface area contributed by atoms with Crippen LogP contribution in [0.2, 0.25) is 10.2 Å². The summed E-state index contributed by atoms with van der Waals surface area (Å²) < 4.78 is 5.13. The van der Waals surface area contributed by atoms with E-state index in [0.29, 0.717) is 10.2 Å². The molecule has 1 heterocycles. The Bertz CT molecular complexity index is 392. The summed E-state index contributed by atoms with van der Waals surface area (Å²) in [6.45, 7) is 0. The summed E-state index contributed by atoms with van der Waals surface area (Å²) in [6.07, 6.45) is 0. The molecule has 0 saturated heterocycles. The van der Waals surface area contributed by atoms with E-state index in [2.05, 4.69) is 0 Å². The van der Waals surface area contributed by atoms with E-state index in [4.69, 9.17) is 27.6 Å². The summed E-state index contributed by atoms with van der Waals surface area (Å²) >= 11 is 11.4. The van der Waals surface area contributed by atoms with Crippen LogP contribution in [0, 0.1) is 0 Å². The normalized spacial score (nSPS) is 10.7. The van der Waals surface area contributed by atoms with Crippen LogP contribution in [0.1, 0.15) is 0 Å². The maximum absolute atomic E-state index is 5.74. The zero-order chi connectivity index (χ0) is 7.84. The molecule has 0 aliphatic heterocycles. The van der Waals surface area contributed by atoms with Gasteiger partial charge in [-0.2, -0.15) is 0 Å². The van der Waals surface area contributed by atoms with Crippen LogP contribution in [0.3, 0.4) is 0 Å². The van der Waals surface area contributed by atoms with Crippen molar-refractivity contribution >= 4 is 34.2 Å². The molecule has 1 nitrogen and oxygen atoms in total. The zero-order valence-corrected chi connectivity index (χ0v) is 6.99. The van der Waals surface area contributed by atoms with Gasteiger partial charge < -0.3 is 4.42 Å². The van der Waals surface area contributed by atoms with Crippen LogP contribution >= 0.6 is 23.2 Å². The minimum absolute atomic E-state index is 0.391. The lowest BCUT2D eigenvalue weighted by Crippen LogP contribution is -1.62. The van der Waals surface area contributed by atoms with Gasteiger partial charge in [0.05, 0.1) is 0 Å². The molecule has 0 atom stereocenters. The van der Waals surface area contributed by atoms with Gasteiger partial charge in [-0.15, -0.1) is 0 Å². The molecule has 0 fully saturated rings. The second-order valence-corrected chi connectivity index (χ2v) is 3.04. The number of rotatable bonds is 0. The lowest BCUT2D eigenvalue weighted by Gasteiger charge is -1.87. The van der Waals surface area contributed by atoms with Crippen LogP contribution in [0.5, 0.6) is 0 Å². The third-order valence-corrected chi connectivity index (χ3v) is 1.87. The van der Waals surface area contributed by atoms with Crippen molar-refractivity contribution in [1.29, 1.82) is 0 Å². The van der Waals surface area contributed by atoms with Crippen LogP contribution in [-0.2, 0) is 0 Å². The maximum atomic E-state index is 5.74. The fourth-order valence-corrected chi connectivity index (χ4v) is 1.36. The average Bonchev–Trinajstić information content (AvgIpc) is 2.27. The van der Waals surface area contributed by atoms with Crippen molar-refractivity contribution in [1.82, 2.24) is 0 Å². The lowest BCUT2D eigenvalue weighted by molar-refractivity contribution is 0.618. The summed E-state index contributed by atoms with van der Waals surface area (Å²) in [6, 6.07) is 7.11. The van der Waals surface area contributed by atoms with Gasteiger partial charge in [-0.25, -0.2) is 0 Å². The summed E-state index contributed by atoms with van der Waals surface area (Å²) in [5.74, 6) is 0. The van der Waals surface area contributed by atoms with Crippen LogP contribution < -0.4 is 0 Å². The van der Waals surface area contributed by atoms with Crippen LogP contribution in [0.4, 0.5) is 0 Å². The second kappa shape index (κ2) is 2.43. The SMILES string of the molecule is Clc1ccc2oc(Cl)cc2c1. The quantitative estimate of drug-likeness (QED) is 0.612. The number of hydrogen-bond acceptors (Lipinski definition) is 1. The highest BCUT2D eigenvalue weighted by molar-refractivity contribution is 6.32. The van der Waals surface area contributed by atoms with Gasteiger partial charge in [0, 0.05) is 16.5 Å². The molecule has 1 aromatic carbocycles. The molecule has 0 amide bonds. The van der Waals surface area contributed by atoms with E-state index in [-0.39, 0.29) is 0 Å². The predicted molar refractivity (Wildman–Crippen MR) is 46.2 cm³/mol. The first-order chi connectivity index (χ1) is 5.25. The summed E-state index contributed by atoms with van der Waals surface area (Å²) in [4.78, 5) is 0. The summed E-state index contributed by atoms with van der Waals surface area (Å²) in [7, 11) is 0. The summed E-state index contributed by atoms with van der Waals surface area (Å²) in [5, 5.41) is 2.01. The molecule has 0 N–H and O–H groups in total. The minimum atomic E-state index is 0.391. The first kappa shape index (κ1) is 7.01. The van der Waals surface area contributed by atoms with Gasteiger partial charge in [0.15, 0.2) is 5.22 Å². The van der Waals surface area contributed by atoms with E-state index in [1.807, 2.05) is 6.07 Å². The Hall–Kier alpha value is -0.660. The van der Waals surface area contributed by atoms with Crippen LogP contribution in [0.15, 0.2) is 28.7 Å². The molecule has 0 aliphatic rings. The molecule has 0 unspecified atom stereocenters. The number of furan rings is 1. The third kappa shape index (κ3) is 1.22. The highest BCUT2D eigenvalue weighted by Crippen LogP contribution is 2.25. The number of hydrogen-bond donors (Lipinski definition) is 0. The molecule has 56 valence electrons. The van der Waals surface area contributed by atoms with Gasteiger partial charge in [0.25, 0.3) is 0 Å². The topological polar surface area (TPSA) is 13.1 Å². The Morgan fingerprint density at radius 1 is 1.09 bits per heavy atom. The molecular weight excluding hydrogens is 183 g/mol. The smallest absolute Gasteiger partial charge is 0.194 e. The number of halogens is 2. The second-order valence-electron chi connectivity index (χ2n) is 2.23. The fourth-order valence-electron chi connectivity index (χ4n) is 0.982. The molecule has 0 radical (unpaired) electrons. The van der Waals surface area contributed by atoms with Gasteiger partial charge in [-0.1, -0.05) is 11.6 Å². The molecule has 0 spiro atoms. The molecule has 0 saturated carbocycles. The first-order valence-corrected chi connectivity index (χ1v) is 3.86. The molecule has 3 heteroatoms. The zero-order valence-electron chi connectivity index (χ0n) is 5.47. The Balaban J connectivity index is 2.82. The summed E-state index contributed by atoms with van der Waals surface area (Å²) in [5.41, 5.74) is 0.763. The molecule has 2 rings (SSSR count). The Kier molecular flexibility index (Phi) is 1.55. The highest BCUT2D eigenvalue weighted by atomic mass is 35.5. The van der Waals surface area contributed by atoms with Crippen molar-refractivity contribution in [2.24, 2.45) is 0 Å². The molecular formula is C8H4Cl2O. The molecule has 11 heavy (non-hydrogen) atoms. The molecule has 0 aliphatic carbocycles. The van der Waals surface area contributed by atoms with E-state index in [1.165, 1.54) is 0 Å². The van der Waals surface area contributed by atoms with Crippen molar-refractivity contribution < 1.29 is 4.42 Å². The van der Waals surface area contributed by atoms with Crippen LogP contribution in [-0.4, -0.2) is 0 Å². The van der Waals surface area contributed by atoms with E-state index in [9.17, 15) is 0 Å². The largest absolute Gasteiger partial charge is 0.445 e. The van der Waals surface area contributed by atoms with Gasteiger partial charge in [-0.05, 0) is 29.8 Å². The molecule has 0 bridgehead atoms. The number of fused-ring (bicyclic) bond motifs is 1. The monoisotopic (exact) mass is 186 g/mol. The molecule has 2 aromatic rings. The van der Waals surface area contributed by atoms with Gasteiger partial charge >= 0.3 is 0 Å². The molecule has 1 aromatic heterocycles. The van der Waals surface area contributed by atoms with Crippen molar-refractivity contribution in [2.75, 3.05) is 0 Å². The van der Waals surface area contributed by atoms with Crippen molar-refractivity contribution in [3.8, 4) is 0 Å². The van der Waals surface area contributed by atoms with Gasteiger partial charge in [0.1, 0.15) is 5.58 Å². The standard InChI is InChI=1S/C8H4Cl2O/c9-6-1-2-7-5(3-6)4-8(10)11-7/h1-4H. The fraction of sp³-hybridized carbons (Fsp3) is 0. The van der Waals surface area contributed by atoms with Gasteiger partial charge in [-0.3, -0.25) is 0 Å². The van der Waals surface area contributed by atoms with E-state index < -0.39 is 0 Å². The number of benzene rings is 1. The average molecular weight is 187 g/mol. The van der Waals surface area contributed by atoms with Gasteiger partial charge in [0.2, 0.25) is 0 Å². The van der Waals surface area contributed by atoms with Crippen molar-refractivity contribution in [2.45, 2.75) is 0 Å². The third-order valence-electron chi connectivity index (χ3n) is 1.45. The van der Waals surface area contributed by atoms with Crippen molar-refractivity contribution in [3.05, 3.63) is 34.5 Å². The van der Waals surface area contributed by atoms with E-state index in [1.54, 1.807) is 18.2 Å². The Morgan fingerprint density at radius 2 is 1.91 bits per heavy atom. The van der Waals surface area contributed by atoms with E-state index >= 15 is 0 Å². The predicted octanol–water partition coefficient (Wildman–Crippen LogP) is 3.74.